The second-order valence-electron chi connectivity index (χ2n) is 4.05. The molecule has 2 rings (SSSR count). The number of thioether (sulfide) groups is 2. The number of ether oxygens (including phenoxy) is 1. The average molecular weight is 373 g/mol. The van der Waals surface area contributed by atoms with Crippen LogP contribution in [0.2, 0.25) is 5.02 Å². The Labute approximate surface area is 144 Å². The number of nitro groups is 1. The first kappa shape index (κ1) is 17.5. The van der Waals surface area contributed by atoms with Crippen molar-refractivity contribution in [2.24, 2.45) is 4.99 Å². The Morgan fingerprint density at radius 2 is 2.30 bits per heavy atom. The van der Waals surface area contributed by atoms with Gasteiger partial charge >= 0.3 is 5.30 Å². The number of nitrogens with zero attached hydrogens (tertiary/aromatic N) is 2. The molecule has 7 nitrogen and oxygen atoms in total. The highest BCUT2D eigenvalue weighted by molar-refractivity contribution is 8.49. The lowest BCUT2D eigenvalue weighted by atomic mass is 10.2. The molecule has 0 unspecified atom stereocenters. The van der Waals surface area contributed by atoms with Crippen molar-refractivity contribution in [3.05, 3.63) is 44.6 Å². The summed E-state index contributed by atoms with van der Waals surface area (Å²) in [6, 6.07) is 4.15. The second kappa shape index (κ2) is 7.62. The summed E-state index contributed by atoms with van der Waals surface area (Å²) in [4.78, 5) is 37.5. The van der Waals surface area contributed by atoms with E-state index in [2.05, 4.69) is 4.99 Å². The van der Waals surface area contributed by atoms with Gasteiger partial charge in [0.15, 0.2) is 0 Å². The standard InChI is InChI=1S/C13H9ClN2O5S2/c1-2-21-13(18)23-12-15-9(11(17)22-12)5-7-3-4-8(14)10(6-7)16(19)20/h3-6H,2H2,1H3. The summed E-state index contributed by atoms with van der Waals surface area (Å²) in [6.45, 7) is 1.90. The van der Waals surface area contributed by atoms with Crippen LogP contribution in [0.3, 0.4) is 0 Å². The van der Waals surface area contributed by atoms with Gasteiger partial charge in [-0.15, -0.1) is 0 Å². The number of hydrogen-bond acceptors (Lipinski definition) is 8. The molecule has 120 valence electrons. The smallest absolute Gasteiger partial charge is 0.374 e. The van der Waals surface area contributed by atoms with Gasteiger partial charge in [0.1, 0.15) is 15.1 Å². The predicted molar refractivity (Wildman–Crippen MR) is 90.7 cm³/mol. The van der Waals surface area contributed by atoms with Gasteiger partial charge in [-0.1, -0.05) is 17.7 Å². The van der Waals surface area contributed by atoms with Gasteiger partial charge in [0.05, 0.1) is 11.5 Å². The Morgan fingerprint density at radius 1 is 1.57 bits per heavy atom. The molecule has 0 saturated carbocycles. The molecule has 0 atom stereocenters. The highest BCUT2D eigenvalue weighted by Gasteiger charge is 2.25. The Morgan fingerprint density at radius 3 is 2.96 bits per heavy atom. The number of halogens is 1. The van der Waals surface area contributed by atoms with E-state index in [4.69, 9.17) is 16.3 Å². The molecule has 1 heterocycles. The lowest BCUT2D eigenvalue weighted by Crippen LogP contribution is -1.98. The van der Waals surface area contributed by atoms with Gasteiger partial charge in [0.25, 0.3) is 5.69 Å². The summed E-state index contributed by atoms with van der Waals surface area (Å²) in [6.07, 6.45) is 1.40. The number of carbonyl (C=O) groups excluding carboxylic acids is 2. The second-order valence-corrected chi connectivity index (χ2v) is 6.60. The Bertz CT molecular complexity index is 748. The molecule has 1 aliphatic rings. The zero-order chi connectivity index (χ0) is 17.0. The lowest BCUT2D eigenvalue weighted by molar-refractivity contribution is -0.384. The topological polar surface area (TPSA) is 98.9 Å². The molecule has 0 aromatic heterocycles. The molecule has 0 spiro atoms. The van der Waals surface area contributed by atoms with Crippen molar-refractivity contribution >= 4 is 61.7 Å². The molecule has 0 bridgehead atoms. The number of aliphatic imine (C=N–C) groups is 1. The number of benzene rings is 1. The van der Waals surface area contributed by atoms with E-state index >= 15 is 0 Å². The molecule has 0 N–H and O–H groups in total. The minimum atomic E-state index is -0.610. The van der Waals surface area contributed by atoms with Crippen molar-refractivity contribution in [3.8, 4) is 0 Å². The van der Waals surface area contributed by atoms with Crippen molar-refractivity contribution in [1.29, 1.82) is 0 Å². The monoisotopic (exact) mass is 372 g/mol. The highest BCUT2D eigenvalue weighted by Crippen LogP contribution is 2.33. The van der Waals surface area contributed by atoms with Crippen molar-refractivity contribution in [1.82, 2.24) is 0 Å². The molecule has 0 aliphatic carbocycles. The van der Waals surface area contributed by atoms with E-state index in [9.17, 15) is 19.7 Å². The molecule has 1 aromatic carbocycles. The summed E-state index contributed by atoms with van der Waals surface area (Å²) in [7, 11) is 0. The molecule has 10 heteroatoms. The van der Waals surface area contributed by atoms with E-state index in [1.807, 2.05) is 0 Å². The molecule has 0 fully saturated rings. The number of nitro benzene ring substituents is 1. The quantitative estimate of drug-likeness (QED) is 0.340. The van der Waals surface area contributed by atoms with Crippen molar-refractivity contribution in [2.45, 2.75) is 6.92 Å². The van der Waals surface area contributed by atoms with E-state index in [1.165, 1.54) is 24.3 Å². The number of carbonyl (C=O) groups is 2. The first-order valence-electron chi connectivity index (χ1n) is 6.21. The van der Waals surface area contributed by atoms with Gasteiger partial charge in [-0.05, 0) is 36.4 Å². The van der Waals surface area contributed by atoms with Crippen LogP contribution in [0.4, 0.5) is 10.5 Å². The van der Waals surface area contributed by atoms with Gasteiger partial charge in [-0.2, -0.15) is 0 Å². The normalized spacial score (nSPS) is 15.7. The molecule has 1 aliphatic heterocycles. The van der Waals surface area contributed by atoms with E-state index in [1.54, 1.807) is 6.92 Å². The molecule has 0 saturated heterocycles. The average Bonchev–Trinajstić information content (AvgIpc) is 2.80. The lowest BCUT2D eigenvalue weighted by Gasteiger charge is -1.98. The summed E-state index contributed by atoms with van der Waals surface area (Å²) < 4.78 is 5.01. The minimum absolute atomic E-state index is 0.00586. The van der Waals surface area contributed by atoms with Crippen LogP contribution in [0.1, 0.15) is 12.5 Å². The van der Waals surface area contributed by atoms with Crippen LogP contribution in [0.5, 0.6) is 0 Å². The predicted octanol–water partition coefficient (Wildman–Crippen LogP) is 4.11. The number of rotatable bonds is 3. The van der Waals surface area contributed by atoms with Gasteiger partial charge in [0.2, 0.25) is 5.12 Å². The third-order valence-electron chi connectivity index (χ3n) is 2.50. The highest BCUT2D eigenvalue weighted by atomic mass is 35.5. The van der Waals surface area contributed by atoms with Crippen LogP contribution in [0.25, 0.3) is 6.08 Å². The van der Waals surface area contributed by atoms with E-state index < -0.39 is 10.2 Å². The third kappa shape index (κ3) is 4.57. The third-order valence-corrected chi connectivity index (χ3v) is 4.53. The Kier molecular flexibility index (Phi) is 5.80. The van der Waals surface area contributed by atoms with Crippen molar-refractivity contribution in [3.63, 3.8) is 0 Å². The van der Waals surface area contributed by atoms with Crippen molar-refractivity contribution < 1.29 is 19.2 Å². The van der Waals surface area contributed by atoms with Crippen LogP contribution in [0.15, 0.2) is 28.9 Å². The van der Waals surface area contributed by atoms with Crippen molar-refractivity contribution in [2.75, 3.05) is 6.61 Å². The van der Waals surface area contributed by atoms with Crippen LogP contribution in [-0.4, -0.2) is 26.3 Å². The zero-order valence-electron chi connectivity index (χ0n) is 11.6. The summed E-state index contributed by atoms with van der Waals surface area (Å²) in [5.41, 5.74) is 0.249. The van der Waals surface area contributed by atoms with Crippen LogP contribution in [-0.2, 0) is 9.53 Å². The SMILES string of the molecule is CCOC(=O)SC1=NC(=Cc2ccc(Cl)c([N+](=O)[O-])c2)C(=O)S1. The van der Waals surface area contributed by atoms with Crippen LogP contribution < -0.4 is 0 Å². The molecule has 0 radical (unpaired) electrons. The molecule has 23 heavy (non-hydrogen) atoms. The van der Waals surface area contributed by atoms with Gasteiger partial charge in [-0.25, -0.2) is 9.79 Å². The summed E-state index contributed by atoms with van der Waals surface area (Å²) in [5.74, 6) is 0. The maximum atomic E-state index is 11.9. The Balaban J connectivity index is 2.24. The molecular weight excluding hydrogens is 364 g/mol. The molecule has 0 amide bonds. The first-order valence-corrected chi connectivity index (χ1v) is 8.23. The van der Waals surface area contributed by atoms with Gasteiger partial charge < -0.3 is 4.74 Å². The first-order chi connectivity index (χ1) is 10.9. The largest absolute Gasteiger partial charge is 0.458 e. The van der Waals surface area contributed by atoms with Gasteiger partial charge in [0, 0.05) is 17.8 Å². The summed E-state index contributed by atoms with van der Waals surface area (Å²) >= 11 is 7.26. The van der Waals surface area contributed by atoms with E-state index in [0.29, 0.717) is 5.56 Å². The molecular formula is C13H9ClN2O5S2. The van der Waals surface area contributed by atoms with E-state index in [0.717, 1.165) is 23.5 Å². The maximum Gasteiger partial charge on any atom is 0.374 e. The Hall–Kier alpha value is -1.84. The van der Waals surface area contributed by atoms with Gasteiger partial charge in [-0.3, -0.25) is 14.9 Å². The molecule has 1 aromatic rings. The van der Waals surface area contributed by atoms with Crippen LogP contribution >= 0.6 is 35.1 Å². The fourth-order valence-electron chi connectivity index (χ4n) is 1.57. The van der Waals surface area contributed by atoms with Crippen LogP contribution in [0, 0.1) is 10.1 Å². The maximum absolute atomic E-state index is 11.9. The van der Waals surface area contributed by atoms with E-state index in [-0.39, 0.29) is 32.5 Å². The fourth-order valence-corrected chi connectivity index (χ4v) is 3.33. The number of hydrogen-bond donors (Lipinski definition) is 0. The minimum Gasteiger partial charge on any atom is -0.458 e. The zero-order valence-corrected chi connectivity index (χ0v) is 14.0. The fraction of sp³-hybridized carbons (Fsp3) is 0.154. The summed E-state index contributed by atoms with van der Waals surface area (Å²) in [5, 5.41) is 9.96.